The lowest BCUT2D eigenvalue weighted by Gasteiger charge is -2.28. The molecule has 6 heteroatoms. The van der Waals surface area contributed by atoms with Crippen LogP contribution in [0.1, 0.15) is 57.9 Å². The molecule has 0 radical (unpaired) electrons. The Balaban J connectivity index is 1.92. The summed E-state index contributed by atoms with van der Waals surface area (Å²) < 4.78 is 23.9. The molecular formula is C21H33NO4S. The van der Waals surface area contributed by atoms with E-state index in [0.717, 1.165) is 12.0 Å². The van der Waals surface area contributed by atoms with E-state index in [2.05, 4.69) is 19.2 Å². The molecule has 0 unspecified atom stereocenters. The number of rotatable bonds is 9. The molecule has 0 aromatic heterocycles. The highest BCUT2D eigenvalue weighted by atomic mass is 32.2. The summed E-state index contributed by atoms with van der Waals surface area (Å²) in [6, 6.07) is 6.51. The van der Waals surface area contributed by atoms with E-state index < -0.39 is 16.4 Å². The second-order valence-corrected chi connectivity index (χ2v) is 10.1. The molecule has 0 saturated heterocycles. The summed E-state index contributed by atoms with van der Waals surface area (Å²) in [6.07, 6.45) is 7.31. The zero-order chi connectivity index (χ0) is 19.9. The van der Waals surface area contributed by atoms with Gasteiger partial charge in [-0.3, -0.25) is 4.79 Å². The van der Waals surface area contributed by atoms with Crippen molar-refractivity contribution in [2.45, 2.75) is 63.8 Å². The van der Waals surface area contributed by atoms with Crippen LogP contribution in [-0.4, -0.2) is 31.8 Å². The first-order valence-electron chi connectivity index (χ1n) is 10.0. The molecule has 152 valence electrons. The minimum Gasteiger partial charge on any atom is -0.395 e. The smallest absolute Gasteiger partial charge is 0.223 e. The van der Waals surface area contributed by atoms with Gasteiger partial charge in [0.2, 0.25) is 5.91 Å². The standard InChI is InChI=1S/C21H33NO4S/c1-16(2)20(14-17-6-4-3-5-7-17)21(24)22-15-18-8-10-19(11-9-18)27(25,26)13-12-23/h8-11,16-17,20,23H,3-7,12-15H2,1-2H3,(H,22,24)/t20-/m0/s1. The van der Waals surface area contributed by atoms with Crippen molar-refractivity contribution in [2.24, 2.45) is 17.8 Å². The number of carbonyl (C=O) groups is 1. The van der Waals surface area contributed by atoms with Crippen LogP contribution >= 0.6 is 0 Å². The molecule has 0 bridgehead atoms. The van der Waals surface area contributed by atoms with E-state index in [-0.39, 0.29) is 22.5 Å². The van der Waals surface area contributed by atoms with E-state index in [9.17, 15) is 13.2 Å². The summed E-state index contributed by atoms with van der Waals surface area (Å²) in [5.74, 6) is 0.802. The largest absolute Gasteiger partial charge is 0.395 e. The maximum atomic E-state index is 12.7. The summed E-state index contributed by atoms with van der Waals surface area (Å²) in [5, 5.41) is 11.9. The van der Waals surface area contributed by atoms with Gasteiger partial charge in [-0.05, 0) is 36.0 Å². The highest BCUT2D eigenvalue weighted by Crippen LogP contribution is 2.31. The van der Waals surface area contributed by atoms with E-state index >= 15 is 0 Å². The van der Waals surface area contributed by atoms with Crippen molar-refractivity contribution >= 4 is 15.7 Å². The molecule has 2 rings (SSSR count). The van der Waals surface area contributed by atoms with E-state index in [1.807, 2.05) is 0 Å². The number of carbonyl (C=O) groups excluding carboxylic acids is 1. The number of nitrogens with one attached hydrogen (secondary N) is 1. The minimum absolute atomic E-state index is 0.0253. The molecule has 27 heavy (non-hydrogen) atoms. The Morgan fingerprint density at radius 2 is 1.78 bits per heavy atom. The maximum Gasteiger partial charge on any atom is 0.223 e. The zero-order valence-corrected chi connectivity index (χ0v) is 17.3. The van der Waals surface area contributed by atoms with Gasteiger partial charge in [-0.2, -0.15) is 0 Å². The van der Waals surface area contributed by atoms with Crippen molar-refractivity contribution in [1.29, 1.82) is 0 Å². The second kappa shape index (κ2) is 10.2. The van der Waals surface area contributed by atoms with Gasteiger partial charge in [0.15, 0.2) is 9.84 Å². The van der Waals surface area contributed by atoms with Crippen LogP contribution in [0.5, 0.6) is 0 Å². The van der Waals surface area contributed by atoms with E-state index in [1.54, 1.807) is 12.1 Å². The first-order valence-corrected chi connectivity index (χ1v) is 11.7. The quantitative estimate of drug-likeness (QED) is 0.672. The number of hydrogen-bond donors (Lipinski definition) is 2. The molecule has 2 N–H and O–H groups in total. The van der Waals surface area contributed by atoms with Crippen molar-refractivity contribution < 1.29 is 18.3 Å². The predicted molar refractivity (Wildman–Crippen MR) is 107 cm³/mol. The van der Waals surface area contributed by atoms with Crippen LogP contribution in [0.15, 0.2) is 29.2 Å². The molecule has 0 heterocycles. The van der Waals surface area contributed by atoms with Crippen molar-refractivity contribution in [3.63, 3.8) is 0 Å². The van der Waals surface area contributed by atoms with Crippen molar-refractivity contribution in [3.05, 3.63) is 29.8 Å². The molecule has 0 aliphatic heterocycles. The van der Waals surface area contributed by atoms with Crippen LogP contribution in [-0.2, 0) is 21.2 Å². The molecule has 1 aromatic rings. The van der Waals surface area contributed by atoms with Gasteiger partial charge in [0.1, 0.15) is 0 Å². The minimum atomic E-state index is -3.44. The van der Waals surface area contributed by atoms with Crippen molar-refractivity contribution in [1.82, 2.24) is 5.32 Å². The third kappa shape index (κ3) is 6.61. The topological polar surface area (TPSA) is 83.5 Å². The van der Waals surface area contributed by atoms with E-state index in [1.165, 1.54) is 44.2 Å². The maximum absolute atomic E-state index is 12.7. The van der Waals surface area contributed by atoms with Gasteiger partial charge >= 0.3 is 0 Å². The van der Waals surface area contributed by atoms with Crippen LogP contribution in [0.25, 0.3) is 0 Å². The van der Waals surface area contributed by atoms with Gasteiger partial charge in [0, 0.05) is 12.5 Å². The highest BCUT2D eigenvalue weighted by molar-refractivity contribution is 7.91. The van der Waals surface area contributed by atoms with E-state index in [0.29, 0.717) is 18.4 Å². The Kier molecular flexibility index (Phi) is 8.29. The molecule has 1 aliphatic rings. The van der Waals surface area contributed by atoms with Crippen LogP contribution in [0, 0.1) is 17.8 Å². The van der Waals surface area contributed by atoms with E-state index in [4.69, 9.17) is 5.11 Å². The molecule has 5 nitrogen and oxygen atoms in total. The summed E-state index contributed by atoms with van der Waals surface area (Å²) in [7, 11) is -3.44. The lowest BCUT2D eigenvalue weighted by molar-refractivity contribution is -0.127. The summed E-state index contributed by atoms with van der Waals surface area (Å²) in [5.41, 5.74) is 0.867. The predicted octanol–water partition coefficient (Wildman–Crippen LogP) is 3.31. The van der Waals surface area contributed by atoms with Gasteiger partial charge in [-0.25, -0.2) is 8.42 Å². The third-order valence-corrected chi connectivity index (χ3v) is 7.27. The molecule has 1 aromatic carbocycles. The molecular weight excluding hydrogens is 362 g/mol. The number of aliphatic hydroxyl groups is 1. The molecule has 0 spiro atoms. The summed E-state index contributed by atoms with van der Waals surface area (Å²) in [6.45, 7) is 4.21. The van der Waals surface area contributed by atoms with Gasteiger partial charge in [-0.1, -0.05) is 58.1 Å². The Labute approximate surface area is 163 Å². The fraction of sp³-hybridized carbons (Fsp3) is 0.667. The fourth-order valence-corrected chi connectivity index (χ4v) is 4.86. The lowest BCUT2D eigenvalue weighted by atomic mass is 9.79. The van der Waals surface area contributed by atoms with Crippen LogP contribution < -0.4 is 5.32 Å². The number of amides is 1. The van der Waals surface area contributed by atoms with Gasteiger partial charge < -0.3 is 10.4 Å². The molecule has 1 saturated carbocycles. The Morgan fingerprint density at radius 1 is 1.15 bits per heavy atom. The van der Waals surface area contributed by atoms with Crippen LogP contribution in [0.2, 0.25) is 0 Å². The SMILES string of the molecule is CC(C)[C@H](CC1CCCCC1)C(=O)NCc1ccc(S(=O)(=O)CCO)cc1. The van der Waals surface area contributed by atoms with Gasteiger partial charge in [0.25, 0.3) is 0 Å². The third-order valence-electron chi connectivity index (χ3n) is 5.56. The fourth-order valence-electron chi connectivity index (χ4n) is 3.84. The lowest BCUT2D eigenvalue weighted by Crippen LogP contribution is -2.34. The van der Waals surface area contributed by atoms with Crippen molar-refractivity contribution in [3.8, 4) is 0 Å². The van der Waals surface area contributed by atoms with Crippen molar-refractivity contribution in [2.75, 3.05) is 12.4 Å². The number of hydrogen-bond acceptors (Lipinski definition) is 4. The average Bonchev–Trinajstić information content (AvgIpc) is 2.65. The van der Waals surface area contributed by atoms with Gasteiger partial charge in [0.05, 0.1) is 17.3 Å². The molecule has 1 fully saturated rings. The number of benzene rings is 1. The molecule has 1 amide bonds. The molecule has 1 atom stereocenters. The second-order valence-electron chi connectivity index (χ2n) is 7.99. The first kappa shape index (κ1) is 21.9. The Hall–Kier alpha value is -1.40. The summed E-state index contributed by atoms with van der Waals surface area (Å²) in [4.78, 5) is 12.9. The van der Waals surface area contributed by atoms with Crippen LogP contribution in [0.3, 0.4) is 0 Å². The highest BCUT2D eigenvalue weighted by Gasteiger charge is 2.26. The number of aliphatic hydroxyl groups excluding tert-OH is 1. The average molecular weight is 396 g/mol. The Bertz CT molecular complexity index is 691. The first-order chi connectivity index (χ1) is 12.8. The number of sulfone groups is 1. The van der Waals surface area contributed by atoms with Gasteiger partial charge in [-0.15, -0.1) is 0 Å². The zero-order valence-electron chi connectivity index (χ0n) is 16.5. The summed E-state index contributed by atoms with van der Waals surface area (Å²) >= 11 is 0. The van der Waals surface area contributed by atoms with Crippen LogP contribution in [0.4, 0.5) is 0 Å². The monoisotopic (exact) mass is 395 g/mol. The normalized spacial score (nSPS) is 17.0. The Morgan fingerprint density at radius 3 is 2.33 bits per heavy atom. The molecule has 1 aliphatic carbocycles.